The molecule has 6 heteroatoms. The maximum atomic E-state index is 12.7. The second-order valence-electron chi connectivity index (χ2n) is 5.85. The van der Waals surface area contributed by atoms with E-state index in [1.54, 1.807) is 18.4 Å². The molecule has 0 radical (unpaired) electrons. The Kier molecular flexibility index (Phi) is 3.81. The van der Waals surface area contributed by atoms with Crippen molar-refractivity contribution in [3.63, 3.8) is 0 Å². The number of hydrogen-bond donors (Lipinski definition) is 2. The highest BCUT2D eigenvalue weighted by atomic mass is 79.9. The van der Waals surface area contributed by atoms with Crippen LogP contribution >= 0.6 is 27.3 Å². The summed E-state index contributed by atoms with van der Waals surface area (Å²) in [5, 5.41) is 7.56. The van der Waals surface area contributed by atoms with E-state index in [-0.39, 0.29) is 12.1 Å². The summed E-state index contributed by atoms with van der Waals surface area (Å²) in [6.45, 7) is 0. The number of nitrogens with one attached hydrogen (secondary N) is 2. The molecule has 4 nitrogen and oxygen atoms in total. The van der Waals surface area contributed by atoms with E-state index in [9.17, 15) is 4.79 Å². The second-order valence-corrected chi connectivity index (χ2v) is 7.87. The van der Waals surface area contributed by atoms with Crippen LogP contribution < -0.4 is 15.4 Å². The van der Waals surface area contributed by atoms with Crippen molar-refractivity contribution < 1.29 is 9.53 Å². The molecule has 23 heavy (non-hydrogen) atoms. The molecule has 1 aliphatic heterocycles. The van der Waals surface area contributed by atoms with Gasteiger partial charge in [0.05, 0.1) is 12.7 Å². The lowest BCUT2D eigenvalue weighted by atomic mass is 9.94. The zero-order chi connectivity index (χ0) is 16.0. The molecule has 0 saturated heterocycles. The van der Waals surface area contributed by atoms with Gasteiger partial charge in [-0.1, -0.05) is 15.9 Å². The predicted octanol–water partition coefficient (Wildman–Crippen LogP) is 4.25. The number of hydrogen-bond acceptors (Lipinski definition) is 4. The number of rotatable bonds is 2. The molecule has 2 aromatic rings. The van der Waals surface area contributed by atoms with Gasteiger partial charge in [-0.2, -0.15) is 0 Å². The normalized spacial score (nSPS) is 19.4. The quantitative estimate of drug-likeness (QED) is 0.802. The van der Waals surface area contributed by atoms with Gasteiger partial charge in [0.2, 0.25) is 0 Å². The number of ether oxygens (including phenoxy) is 1. The fourth-order valence-electron chi connectivity index (χ4n) is 3.36. The molecule has 0 fully saturated rings. The third kappa shape index (κ3) is 2.54. The number of methoxy groups -OCH3 is 1. The van der Waals surface area contributed by atoms with Crippen LogP contribution in [0.2, 0.25) is 0 Å². The summed E-state index contributed by atoms with van der Waals surface area (Å²) in [6, 6.07) is 5.82. The van der Waals surface area contributed by atoms with Gasteiger partial charge in [0.1, 0.15) is 16.9 Å². The van der Waals surface area contributed by atoms with Crippen molar-refractivity contribution in [3.05, 3.63) is 44.2 Å². The number of benzene rings is 1. The summed E-state index contributed by atoms with van der Waals surface area (Å²) in [5.74, 6) is 0.779. The fraction of sp³-hybridized carbons (Fsp3) is 0.353. The van der Waals surface area contributed by atoms with Gasteiger partial charge in [-0.05, 0) is 49.4 Å². The van der Waals surface area contributed by atoms with Crippen LogP contribution in [0, 0.1) is 0 Å². The third-order valence-corrected chi connectivity index (χ3v) is 6.17. The second kappa shape index (κ2) is 5.83. The van der Waals surface area contributed by atoms with Crippen LogP contribution in [-0.2, 0) is 12.8 Å². The number of amides is 1. The first-order valence-corrected chi connectivity index (χ1v) is 9.33. The first-order chi connectivity index (χ1) is 11.2. The molecular formula is C17H17BrN2O2S. The maximum Gasteiger partial charge on any atom is 0.256 e. The number of halogens is 1. The van der Waals surface area contributed by atoms with Crippen LogP contribution in [0.5, 0.6) is 5.75 Å². The molecule has 0 spiro atoms. The molecule has 2 N–H and O–H groups in total. The summed E-state index contributed by atoms with van der Waals surface area (Å²) in [4.78, 5) is 14.1. The molecule has 4 rings (SSSR count). The number of carbonyl (C=O) groups is 1. The Labute approximate surface area is 147 Å². The Morgan fingerprint density at radius 2 is 2.09 bits per heavy atom. The van der Waals surface area contributed by atoms with Gasteiger partial charge >= 0.3 is 0 Å². The molecule has 120 valence electrons. The maximum absolute atomic E-state index is 12.7. The van der Waals surface area contributed by atoms with E-state index in [2.05, 4.69) is 26.6 Å². The molecule has 1 aromatic heterocycles. The highest BCUT2D eigenvalue weighted by Crippen LogP contribution is 2.42. The number of anilines is 1. The Morgan fingerprint density at radius 3 is 2.91 bits per heavy atom. The largest absolute Gasteiger partial charge is 0.496 e. The first-order valence-electron chi connectivity index (χ1n) is 7.72. The highest BCUT2D eigenvalue weighted by Gasteiger charge is 2.32. The van der Waals surface area contributed by atoms with Crippen LogP contribution in [-0.4, -0.2) is 13.0 Å². The van der Waals surface area contributed by atoms with Crippen molar-refractivity contribution in [2.45, 2.75) is 31.8 Å². The average molecular weight is 393 g/mol. The zero-order valence-corrected chi connectivity index (χ0v) is 15.1. The Morgan fingerprint density at radius 1 is 1.26 bits per heavy atom. The monoisotopic (exact) mass is 392 g/mol. The van der Waals surface area contributed by atoms with E-state index >= 15 is 0 Å². The van der Waals surface area contributed by atoms with Crippen molar-refractivity contribution in [3.8, 4) is 5.75 Å². The van der Waals surface area contributed by atoms with Gasteiger partial charge in [0.15, 0.2) is 0 Å². The lowest BCUT2D eigenvalue weighted by Gasteiger charge is -2.28. The number of thiophene rings is 1. The minimum absolute atomic E-state index is 0.0187. The lowest BCUT2D eigenvalue weighted by Crippen LogP contribution is -2.38. The minimum Gasteiger partial charge on any atom is -0.496 e. The highest BCUT2D eigenvalue weighted by molar-refractivity contribution is 9.10. The molecule has 2 heterocycles. The summed E-state index contributed by atoms with van der Waals surface area (Å²) in [7, 11) is 1.65. The van der Waals surface area contributed by atoms with E-state index in [0.29, 0.717) is 0 Å². The number of carbonyl (C=O) groups excluding carboxylic acids is 1. The van der Waals surface area contributed by atoms with E-state index in [1.165, 1.54) is 23.3 Å². The summed E-state index contributed by atoms with van der Waals surface area (Å²) in [6.07, 6.45) is 4.22. The van der Waals surface area contributed by atoms with Gasteiger partial charge in [0, 0.05) is 14.9 Å². The standard InChI is InChI=1S/C17H17BrN2O2S/c1-22-12-7-6-9(18)8-11(12)15-19-16(21)14-10-4-2-3-5-13(10)23-17(14)20-15/h6-8,15,20H,2-5H2,1H3,(H,19,21)/t15-/m1/s1. The number of fused-ring (bicyclic) bond motifs is 3. The predicted molar refractivity (Wildman–Crippen MR) is 95.5 cm³/mol. The van der Waals surface area contributed by atoms with Crippen molar-refractivity contribution >= 4 is 38.2 Å². The lowest BCUT2D eigenvalue weighted by molar-refractivity contribution is 0.0935. The van der Waals surface area contributed by atoms with E-state index < -0.39 is 0 Å². The van der Waals surface area contributed by atoms with Crippen molar-refractivity contribution in [2.24, 2.45) is 0 Å². The molecule has 0 saturated carbocycles. The van der Waals surface area contributed by atoms with Crippen LogP contribution in [0.1, 0.15) is 45.4 Å². The van der Waals surface area contributed by atoms with Crippen LogP contribution in [0.15, 0.2) is 22.7 Å². The first kappa shape index (κ1) is 15.0. The molecule has 0 bridgehead atoms. The van der Waals surface area contributed by atoms with Crippen molar-refractivity contribution in [1.29, 1.82) is 0 Å². The van der Waals surface area contributed by atoms with Gasteiger partial charge in [0.25, 0.3) is 5.91 Å². The molecule has 0 unspecified atom stereocenters. The summed E-state index contributed by atoms with van der Waals surface area (Å²) < 4.78 is 6.41. The smallest absolute Gasteiger partial charge is 0.256 e. The van der Waals surface area contributed by atoms with Crippen molar-refractivity contribution in [1.82, 2.24) is 5.32 Å². The average Bonchev–Trinajstić information content (AvgIpc) is 2.93. The molecule has 1 aliphatic carbocycles. The Hall–Kier alpha value is -1.53. The van der Waals surface area contributed by atoms with Crippen molar-refractivity contribution in [2.75, 3.05) is 12.4 Å². The summed E-state index contributed by atoms with van der Waals surface area (Å²) in [5.41, 5.74) is 3.03. The van der Waals surface area contributed by atoms with Crippen LogP contribution in [0.3, 0.4) is 0 Å². The minimum atomic E-state index is -0.275. The van der Waals surface area contributed by atoms with E-state index in [1.807, 2.05) is 18.2 Å². The van der Waals surface area contributed by atoms with E-state index in [0.717, 1.165) is 39.2 Å². The molecular weight excluding hydrogens is 376 g/mol. The number of aryl methyl sites for hydroxylation is 1. The fourth-order valence-corrected chi connectivity index (χ4v) is 5.06. The summed E-state index contributed by atoms with van der Waals surface area (Å²) >= 11 is 5.23. The zero-order valence-electron chi connectivity index (χ0n) is 12.7. The van der Waals surface area contributed by atoms with Gasteiger partial charge < -0.3 is 15.4 Å². The van der Waals surface area contributed by atoms with Gasteiger partial charge in [-0.15, -0.1) is 11.3 Å². The van der Waals surface area contributed by atoms with Crippen LogP contribution in [0.25, 0.3) is 0 Å². The molecule has 2 aliphatic rings. The van der Waals surface area contributed by atoms with Gasteiger partial charge in [-0.3, -0.25) is 4.79 Å². The van der Waals surface area contributed by atoms with E-state index in [4.69, 9.17) is 4.74 Å². The molecule has 1 aromatic carbocycles. The Balaban J connectivity index is 1.74. The third-order valence-electron chi connectivity index (χ3n) is 4.45. The topological polar surface area (TPSA) is 50.4 Å². The van der Waals surface area contributed by atoms with Crippen LogP contribution in [0.4, 0.5) is 5.00 Å². The molecule has 1 atom stereocenters. The van der Waals surface area contributed by atoms with Gasteiger partial charge in [-0.25, -0.2) is 0 Å². The molecule has 1 amide bonds. The SMILES string of the molecule is COc1ccc(Br)cc1[C@@H]1NC(=O)c2c(sc3c2CCCC3)N1. The Bertz CT molecular complexity index is 787.